The summed E-state index contributed by atoms with van der Waals surface area (Å²) in [6.07, 6.45) is 21.3. The van der Waals surface area contributed by atoms with E-state index in [0.717, 1.165) is 38.5 Å². The topological polar surface area (TPSA) is 267 Å². The Morgan fingerprint density at radius 3 is 1.52 bits per heavy atom. The van der Waals surface area contributed by atoms with Gasteiger partial charge in [0, 0.05) is 52.3 Å². The van der Waals surface area contributed by atoms with Crippen LogP contribution in [0.2, 0.25) is 0 Å². The van der Waals surface area contributed by atoms with Gasteiger partial charge in [0.1, 0.15) is 25.0 Å². The zero-order valence-electron chi connectivity index (χ0n) is 38.1. The van der Waals surface area contributed by atoms with Gasteiger partial charge in [0.05, 0.1) is 39.0 Å². The number of amides is 2. The molecule has 362 valence electrons. The highest BCUT2D eigenvalue weighted by atomic mass is 16.5. The number of carboxylic acids is 3. The molecule has 0 saturated heterocycles. The van der Waals surface area contributed by atoms with Gasteiger partial charge in [0.25, 0.3) is 0 Å². The number of carbonyl (C=O) groups is 7. The average molecular weight is 890 g/mol. The second-order valence-corrected chi connectivity index (χ2v) is 15.7. The van der Waals surface area contributed by atoms with Gasteiger partial charge in [-0.05, 0) is 44.9 Å². The second-order valence-electron chi connectivity index (χ2n) is 15.7. The first kappa shape index (κ1) is 60.6. The lowest BCUT2D eigenvalue weighted by molar-refractivity contribution is -0.144. The van der Waals surface area contributed by atoms with Gasteiger partial charge in [0.2, 0.25) is 11.8 Å². The number of aliphatic carboxylic acids is 3. The first-order chi connectivity index (χ1) is 29.8. The Bertz CT molecular complexity index is 1170. The first-order valence-electron chi connectivity index (χ1n) is 23.1. The average Bonchev–Trinajstić information content (AvgIpc) is 3.22. The van der Waals surface area contributed by atoms with E-state index in [1.165, 1.54) is 64.7 Å². The molecule has 0 aromatic heterocycles. The molecule has 0 radical (unpaired) electrons. The molecule has 0 aromatic carbocycles. The third-order valence-corrected chi connectivity index (χ3v) is 9.74. The number of nitrogens with one attached hydrogen (secondary N) is 2. The highest BCUT2D eigenvalue weighted by molar-refractivity contribution is 5.83. The van der Waals surface area contributed by atoms with Crippen LogP contribution >= 0.6 is 0 Å². The fraction of sp³-hybridized carbons (Fsp3) is 0.844. The van der Waals surface area contributed by atoms with Gasteiger partial charge in [-0.25, -0.2) is 0 Å². The molecule has 0 aliphatic heterocycles. The molecule has 0 spiro atoms. The summed E-state index contributed by atoms with van der Waals surface area (Å²) in [5.74, 6) is -3.31. The minimum atomic E-state index is -1.02. The number of ether oxygens (including phenoxy) is 4. The van der Waals surface area contributed by atoms with Crippen LogP contribution in [-0.4, -0.2) is 129 Å². The molecule has 17 heteroatoms. The summed E-state index contributed by atoms with van der Waals surface area (Å²) < 4.78 is 21.0. The summed E-state index contributed by atoms with van der Waals surface area (Å²) in [6, 6.07) is -0.866. The quantitative estimate of drug-likeness (QED) is 0.0382. The van der Waals surface area contributed by atoms with E-state index in [2.05, 4.69) is 10.6 Å². The van der Waals surface area contributed by atoms with Gasteiger partial charge in [-0.15, -0.1) is 0 Å². The van der Waals surface area contributed by atoms with E-state index in [4.69, 9.17) is 40.0 Å². The summed E-state index contributed by atoms with van der Waals surface area (Å²) in [5, 5.41) is 31.6. The number of nitrogens with two attached hydrogens (primary N) is 1. The van der Waals surface area contributed by atoms with Crippen LogP contribution in [0, 0.1) is 5.92 Å². The number of hydrogen-bond acceptors (Lipinski definition) is 12. The summed E-state index contributed by atoms with van der Waals surface area (Å²) >= 11 is 0. The van der Waals surface area contributed by atoms with Gasteiger partial charge in [-0.2, -0.15) is 0 Å². The van der Waals surface area contributed by atoms with E-state index in [0.29, 0.717) is 97.5 Å². The van der Waals surface area contributed by atoms with Gasteiger partial charge in [-0.1, -0.05) is 90.4 Å². The molecule has 7 N–H and O–H groups in total. The number of Topliss-reactive ketones (excluding diaryl/α,β-unsaturated/α-hetero) is 2. The molecular formula is C45H83N3O14. The summed E-state index contributed by atoms with van der Waals surface area (Å²) in [7, 11) is 0. The van der Waals surface area contributed by atoms with Crippen molar-refractivity contribution in [1.82, 2.24) is 10.6 Å². The number of hydrogen-bond donors (Lipinski definition) is 6. The highest BCUT2D eigenvalue weighted by Gasteiger charge is 2.19. The van der Waals surface area contributed by atoms with Crippen LogP contribution in [0.15, 0.2) is 0 Å². The molecule has 0 fully saturated rings. The highest BCUT2D eigenvalue weighted by Crippen LogP contribution is 2.16. The Balaban J connectivity index is 0. The molecule has 17 nitrogen and oxygen atoms in total. The van der Waals surface area contributed by atoms with E-state index in [1.54, 1.807) is 0 Å². The van der Waals surface area contributed by atoms with Crippen molar-refractivity contribution in [1.29, 1.82) is 0 Å². The molecule has 0 rings (SSSR count). The molecule has 0 aliphatic rings. The minimum Gasteiger partial charge on any atom is -0.481 e. The Labute approximate surface area is 370 Å². The van der Waals surface area contributed by atoms with E-state index in [9.17, 15) is 33.6 Å². The predicted octanol–water partition coefficient (Wildman–Crippen LogP) is 6.01. The zero-order valence-corrected chi connectivity index (χ0v) is 38.1. The van der Waals surface area contributed by atoms with Gasteiger partial charge >= 0.3 is 17.9 Å². The largest absolute Gasteiger partial charge is 0.481 e. The normalized spacial score (nSPS) is 11.9. The maximum atomic E-state index is 11.9. The first-order valence-corrected chi connectivity index (χ1v) is 23.1. The minimum absolute atomic E-state index is 0.0188. The summed E-state index contributed by atoms with van der Waals surface area (Å²) in [4.78, 5) is 77.9. The molecule has 0 bridgehead atoms. The van der Waals surface area contributed by atoms with Crippen molar-refractivity contribution >= 4 is 41.3 Å². The second kappa shape index (κ2) is 45.5. The lowest BCUT2D eigenvalue weighted by atomic mass is 9.95. The van der Waals surface area contributed by atoms with Crippen LogP contribution < -0.4 is 16.4 Å². The molecule has 0 aromatic rings. The maximum absolute atomic E-state index is 11.9. The Morgan fingerprint density at radius 1 is 0.500 bits per heavy atom. The standard InChI is InChI=1S/C24H44O5.C21H39N3O9/c1-2-17-21(24(28)29)20-22(25)18-15-13-11-9-7-5-3-4-6-8-10-12-14-16-19-23(26)27;1-17(25)23-8-10-31-12-13-32-15-18(26)5-4-9-30-11-14-33-16-20(27)24-7-3-2-6-19(22)21(28)29/h21H,2-20H2,1H3,(H,26,27)(H,28,29);19H,2-16,22H2,1H3,(H,23,25)(H,24,27)(H,28,29)/t21-;19-/m10/s1. The van der Waals surface area contributed by atoms with Crippen LogP contribution in [0.4, 0.5) is 0 Å². The summed E-state index contributed by atoms with van der Waals surface area (Å²) in [6.45, 7) is 6.28. The van der Waals surface area contributed by atoms with Gasteiger partial charge < -0.3 is 50.6 Å². The molecule has 0 aliphatic carbocycles. The van der Waals surface area contributed by atoms with Crippen molar-refractivity contribution in [3.8, 4) is 0 Å². The zero-order chi connectivity index (χ0) is 46.5. The molecule has 0 unspecified atom stereocenters. The molecule has 0 heterocycles. The SMILES string of the molecule is CC(=O)NCCOCCOCC(=O)CCCOCCOCC(=O)NCCCC[C@H](N)C(=O)O.CCC[C@H](CC(=O)CCCCCCCCCCCCCCCCC(=O)O)C(=O)O. The Hall–Kier alpha value is -3.51. The fourth-order valence-corrected chi connectivity index (χ4v) is 6.18. The fourth-order valence-electron chi connectivity index (χ4n) is 6.18. The van der Waals surface area contributed by atoms with Gasteiger partial charge in [0.15, 0.2) is 5.78 Å². The van der Waals surface area contributed by atoms with Crippen molar-refractivity contribution in [3.63, 3.8) is 0 Å². The number of carboxylic acid groups (broad SMARTS) is 3. The molecular weight excluding hydrogens is 807 g/mol. The monoisotopic (exact) mass is 890 g/mol. The lowest BCUT2D eigenvalue weighted by Crippen LogP contribution is -2.31. The summed E-state index contributed by atoms with van der Waals surface area (Å²) in [5.41, 5.74) is 5.39. The van der Waals surface area contributed by atoms with Crippen LogP contribution in [0.25, 0.3) is 0 Å². The van der Waals surface area contributed by atoms with Crippen molar-refractivity contribution in [2.45, 2.75) is 174 Å². The van der Waals surface area contributed by atoms with E-state index in [1.807, 2.05) is 6.92 Å². The van der Waals surface area contributed by atoms with Gasteiger partial charge in [-0.3, -0.25) is 33.6 Å². The molecule has 2 atom stereocenters. The van der Waals surface area contributed by atoms with E-state index >= 15 is 0 Å². The smallest absolute Gasteiger partial charge is 0.320 e. The van der Waals surface area contributed by atoms with Crippen LogP contribution in [-0.2, 0) is 52.5 Å². The molecule has 62 heavy (non-hydrogen) atoms. The number of ketones is 2. The van der Waals surface area contributed by atoms with E-state index < -0.39 is 29.9 Å². The number of rotatable bonds is 45. The van der Waals surface area contributed by atoms with Crippen molar-refractivity contribution < 1.29 is 67.8 Å². The van der Waals surface area contributed by atoms with Crippen molar-refractivity contribution in [2.75, 3.05) is 65.9 Å². The van der Waals surface area contributed by atoms with Crippen molar-refractivity contribution in [2.24, 2.45) is 11.7 Å². The lowest BCUT2D eigenvalue weighted by Gasteiger charge is -2.09. The maximum Gasteiger partial charge on any atom is 0.320 e. The van der Waals surface area contributed by atoms with Crippen LogP contribution in [0.1, 0.15) is 168 Å². The Kier molecular flexibility index (Phi) is 44.5. The molecule has 0 saturated carbocycles. The van der Waals surface area contributed by atoms with Crippen molar-refractivity contribution in [3.05, 3.63) is 0 Å². The van der Waals surface area contributed by atoms with Crippen LogP contribution in [0.5, 0.6) is 0 Å². The number of unbranched alkanes of at least 4 members (excludes halogenated alkanes) is 14. The predicted molar refractivity (Wildman–Crippen MR) is 236 cm³/mol. The molecule has 2 amide bonds. The third-order valence-electron chi connectivity index (χ3n) is 9.74. The Morgan fingerprint density at radius 2 is 1.00 bits per heavy atom. The van der Waals surface area contributed by atoms with Crippen LogP contribution in [0.3, 0.4) is 0 Å². The third kappa shape index (κ3) is 47.5. The van der Waals surface area contributed by atoms with E-state index in [-0.39, 0.29) is 49.6 Å². The number of carbonyl (C=O) groups excluding carboxylic acids is 4.